The van der Waals surface area contributed by atoms with Crippen LogP contribution in [0, 0.1) is 13.8 Å². The summed E-state index contributed by atoms with van der Waals surface area (Å²) in [7, 11) is 0. The first-order valence-corrected chi connectivity index (χ1v) is 6.60. The lowest BCUT2D eigenvalue weighted by atomic mass is 10.1. The molecule has 0 fully saturated rings. The number of aryl methyl sites for hydroxylation is 2. The molecule has 0 unspecified atom stereocenters. The topological polar surface area (TPSA) is 35.2 Å². The number of nitrogen functional groups attached to an aromatic ring is 1. The SMILES string of the molecule is Cc1cccc(C)c1OCc1ccc(N)cc1Br. The van der Waals surface area contributed by atoms with Crippen LogP contribution < -0.4 is 10.5 Å². The Labute approximate surface area is 116 Å². The summed E-state index contributed by atoms with van der Waals surface area (Å²) in [5.41, 5.74) is 9.86. The summed E-state index contributed by atoms with van der Waals surface area (Å²) in [6, 6.07) is 11.9. The summed E-state index contributed by atoms with van der Waals surface area (Å²) in [5, 5.41) is 0. The molecule has 2 aromatic carbocycles. The molecular weight excluding hydrogens is 290 g/mol. The first-order valence-electron chi connectivity index (χ1n) is 5.81. The van der Waals surface area contributed by atoms with E-state index in [9.17, 15) is 0 Å². The highest BCUT2D eigenvalue weighted by Crippen LogP contribution is 2.26. The maximum absolute atomic E-state index is 5.90. The Hall–Kier alpha value is -1.48. The Balaban J connectivity index is 2.16. The van der Waals surface area contributed by atoms with Crippen molar-refractivity contribution in [1.82, 2.24) is 0 Å². The normalized spacial score (nSPS) is 10.4. The minimum absolute atomic E-state index is 0.534. The standard InChI is InChI=1S/C15H16BrNO/c1-10-4-3-5-11(2)15(10)18-9-12-6-7-13(17)8-14(12)16/h3-8H,9,17H2,1-2H3. The van der Waals surface area contributed by atoms with Gasteiger partial charge in [-0.15, -0.1) is 0 Å². The summed E-state index contributed by atoms with van der Waals surface area (Å²) in [5.74, 6) is 0.959. The molecule has 0 aliphatic rings. The molecule has 2 N–H and O–H groups in total. The van der Waals surface area contributed by atoms with E-state index in [-0.39, 0.29) is 0 Å². The fourth-order valence-corrected chi connectivity index (χ4v) is 2.37. The molecule has 18 heavy (non-hydrogen) atoms. The summed E-state index contributed by atoms with van der Waals surface area (Å²) >= 11 is 3.50. The number of hydrogen-bond donors (Lipinski definition) is 1. The number of benzene rings is 2. The van der Waals surface area contributed by atoms with Crippen molar-refractivity contribution in [1.29, 1.82) is 0 Å². The van der Waals surface area contributed by atoms with Gasteiger partial charge in [-0.25, -0.2) is 0 Å². The predicted molar refractivity (Wildman–Crippen MR) is 78.8 cm³/mol. The van der Waals surface area contributed by atoms with Crippen LogP contribution >= 0.6 is 15.9 Å². The van der Waals surface area contributed by atoms with Crippen LogP contribution in [0.1, 0.15) is 16.7 Å². The van der Waals surface area contributed by atoms with Crippen molar-refractivity contribution in [2.24, 2.45) is 0 Å². The largest absolute Gasteiger partial charge is 0.488 e. The van der Waals surface area contributed by atoms with Gasteiger partial charge in [0.25, 0.3) is 0 Å². The smallest absolute Gasteiger partial charge is 0.125 e. The average Bonchev–Trinajstić information content (AvgIpc) is 2.31. The number of para-hydroxylation sites is 1. The third-order valence-electron chi connectivity index (χ3n) is 2.86. The van der Waals surface area contributed by atoms with Crippen LogP contribution in [0.2, 0.25) is 0 Å². The molecule has 0 bridgehead atoms. The minimum Gasteiger partial charge on any atom is -0.488 e. The number of ether oxygens (including phenoxy) is 1. The van der Waals surface area contributed by atoms with E-state index in [4.69, 9.17) is 10.5 Å². The van der Waals surface area contributed by atoms with E-state index in [1.54, 1.807) is 0 Å². The molecule has 0 saturated carbocycles. The van der Waals surface area contributed by atoms with Gasteiger partial charge < -0.3 is 10.5 Å². The molecule has 0 aromatic heterocycles. The zero-order valence-corrected chi connectivity index (χ0v) is 12.1. The lowest BCUT2D eigenvalue weighted by Crippen LogP contribution is -2.00. The molecule has 94 valence electrons. The van der Waals surface area contributed by atoms with Gasteiger partial charge in [0.1, 0.15) is 12.4 Å². The molecule has 2 rings (SSSR count). The number of nitrogens with two attached hydrogens (primary N) is 1. The molecule has 0 aliphatic heterocycles. The fraction of sp³-hybridized carbons (Fsp3) is 0.200. The van der Waals surface area contributed by atoms with E-state index in [0.29, 0.717) is 6.61 Å². The van der Waals surface area contributed by atoms with Crippen molar-refractivity contribution < 1.29 is 4.74 Å². The third-order valence-corrected chi connectivity index (χ3v) is 3.60. The van der Waals surface area contributed by atoms with Crippen molar-refractivity contribution in [3.8, 4) is 5.75 Å². The first-order chi connectivity index (χ1) is 8.58. The van der Waals surface area contributed by atoms with E-state index in [0.717, 1.165) is 32.6 Å². The molecule has 2 nitrogen and oxygen atoms in total. The highest BCUT2D eigenvalue weighted by Gasteiger charge is 2.05. The van der Waals surface area contributed by atoms with Crippen molar-refractivity contribution in [2.75, 3.05) is 5.73 Å². The molecule has 0 atom stereocenters. The van der Waals surface area contributed by atoms with Gasteiger partial charge in [-0.2, -0.15) is 0 Å². The molecule has 0 spiro atoms. The average molecular weight is 306 g/mol. The Kier molecular flexibility index (Phi) is 3.92. The number of halogens is 1. The molecule has 0 aliphatic carbocycles. The summed E-state index contributed by atoms with van der Waals surface area (Å²) in [6.45, 7) is 4.65. The van der Waals surface area contributed by atoms with Gasteiger partial charge in [-0.3, -0.25) is 0 Å². The Morgan fingerprint density at radius 2 is 1.78 bits per heavy atom. The van der Waals surface area contributed by atoms with E-state index < -0.39 is 0 Å². The van der Waals surface area contributed by atoms with Gasteiger partial charge in [-0.05, 0) is 37.1 Å². The molecule has 0 saturated heterocycles. The minimum atomic E-state index is 0.534. The van der Waals surface area contributed by atoms with Crippen LogP contribution in [-0.2, 0) is 6.61 Å². The summed E-state index contributed by atoms with van der Waals surface area (Å²) < 4.78 is 6.88. The van der Waals surface area contributed by atoms with Gasteiger partial charge in [0, 0.05) is 15.7 Å². The lowest BCUT2D eigenvalue weighted by molar-refractivity contribution is 0.301. The molecule has 2 aromatic rings. The second kappa shape index (κ2) is 5.44. The van der Waals surface area contributed by atoms with E-state index in [2.05, 4.69) is 41.9 Å². The molecular formula is C15H16BrNO. The van der Waals surface area contributed by atoms with Gasteiger partial charge >= 0.3 is 0 Å². The molecule has 3 heteroatoms. The van der Waals surface area contributed by atoms with Crippen LogP contribution in [0.15, 0.2) is 40.9 Å². The molecule has 0 amide bonds. The highest BCUT2D eigenvalue weighted by atomic mass is 79.9. The first kappa shape index (κ1) is 13.0. The van der Waals surface area contributed by atoms with E-state index in [1.165, 1.54) is 0 Å². The van der Waals surface area contributed by atoms with Crippen molar-refractivity contribution in [3.05, 3.63) is 57.6 Å². The van der Waals surface area contributed by atoms with E-state index in [1.807, 2.05) is 24.3 Å². The van der Waals surface area contributed by atoms with Crippen molar-refractivity contribution in [2.45, 2.75) is 20.5 Å². The number of hydrogen-bond acceptors (Lipinski definition) is 2. The van der Waals surface area contributed by atoms with Crippen LogP contribution in [0.25, 0.3) is 0 Å². The fourth-order valence-electron chi connectivity index (χ4n) is 1.86. The van der Waals surface area contributed by atoms with E-state index >= 15 is 0 Å². The third kappa shape index (κ3) is 2.85. The highest BCUT2D eigenvalue weighted by molar-refractivity contribution is 9.10. The van der Waals surface area contributed by atoms with Crippen LogP contribution in [0.4, 0.5) is 5.69 Å². The monoisotopic (exact) mass is 305 g/mol. The number of anilines is 1. The summed E-state index contributed by atoms with van der Waals surface area (Å²) in [6.07, 6.45) is 0. The molecule has 0 radical (unpaired) electrons. The Morgan fingerprint density at radius 1 is 1.11 bits per heavy atom. The Morgan fingerprint density at radius 3 is 2.39 bits per heavy atom. The zero-order chi connectivity index (χ0) is 13.1. The zero-order valence-electron chi connectivity index (χ0n) is 10.5. The maximum atomic E-state index is 5.90. The van der Waals surface area contributed by atoms with Gasteiger partial charge in [0.15, 0.2) is 0 Å². The van der Waals surface area contributed by atoms with Gasteiger partial charge in [0.2, 0.25) is 0 Å². The van der Waals surface area contributed by atoms with Gasteiger partial charge in [-0.1, -0.05) is 40.2 Å². The lowest BCUT2D eigenvalue weighted by Gasteiger charge is -2.13. The second-order valence-corrected chi connectivity index (χ2v) is 5.21. The quantitative estimate of drug-likeness (QED) is 0.861. The van der Waals surface area contributed by atoms with Crippen molar-refractivity contribution in [3.63, 3.8) is 0 Å². The van der Waals surface area contributed by atoms with Crippen LogP contribution in [0.3, 0.4) is 0 Å². The second-order valence-electron chi connectivity index (χ2n) is 4.36. The number of rotatable bonds is 3. The summed E-state index contributed by atoms with van der Waals surface area (Å²) in [4.78, 5) is 0. The van der Waals surface area contributed by atoms with Crippen LogP contribution in [-0.4, -0.2) is 0 Å². The molecule has 0 heterocycles. The van der Waals surface area contributed by atoms with Gasteiger partial charge in [0.05, 0.1) is 0 Å². The van der Waals surface area contributed by atoms with Crippen LogP contribution in [0.5, 0.6) is 5.75 Å². The Bertz CT molecular complexity index is 546. The van der Waals surface area contributed by atoms with Crippen molar-refractivity contribution >= 4 is 21.6 Å². The predicted octanol–water partition coefficient (Wildman–Crippen LogP) is 4.23. The maximum Gasteiger partial charge on any atom is 0.125 e.